The number of nitrogens with two attached hydrogens (primary N) is 1. The van der Waals surface area contributed by atoms with E-state index in [1.54, 1.807) is 37.3 Å². The van der Waals surface area contributed by atoms with E-state index < -0.39 is 0 Å². The normalized spacial score (nSPS) is 11.3. The monoisotopic (exact) mass is 290 g/mol. The molecule has 0 saturated carbocycles. The van der Waals surface area contributed by atoms with Gasteiger partial charge < -0.3 is 20.4 Å². The lowest BCUT2D eigenvalue weighted by Gasteiger charge is -2.12. The predicted molar refractivity (Wildman–Crippen MR) is 76.7 cm³/mol. The molecule has 0 saturated heterocycles. The van der Waals surface area contributed by atoms with E-state index in [4.69, 9.17) is 20.4 Å². The maximum absolute atomic E-state index is 13.6. The van der Waals surface area contributed by atoms with Crippen LogP contribution < -0.4 is 15.2 Å². The summed E-state index contributed by atoms with van der Waals surface area (Å²) in [6, 6.07) is 9.32. The maximum atomic E-state index is 13.6. The molecule has 21 heavy (non-hydrogen) atoms. The topological polar surface area (TPSA) is 77.1 Å². The molecule has 2 aromatic carbocycles. The van der Waals surface area contributed by atoms with E-state index in [-0.39, 0.29) is 11.7 Å². The van der Waals surface area contributed by atoms with Crippen LogP contribution in [-0.4, -0.2) is 18.2 Å². The van der Waals surface area contributed by atoms with Crippen molar-refractivity contribution >= 4 is 5.84 Å². The Morgan fingerprint density at radius 2 is 1.90 bits per heavy atom. The second-order valence-electron chi connectivity index (χ2n) is 4.36. The van der Waals surface area contributed by atoms with Gasteiger partial charge in [0, 0.05) is 12.1 Å². The molecule has 0 unspecified atom stereocenters. The summed E-state index contributed by atoms with van der Waals surface area (Å²) in [7, 11) is 1.51. The molecule has 6 heteroatoms. The molecule has 0 amide bonds. The Balaban J connectivity index is 2.43. The van der Waals surface area contributed by atoms with E-state index in [0.717, 1.165) is 0 Å². The van der Waals surface area contributed by atoms with Crippen molar-refractivity contribution in [2.24, 2.45) is 10.9 Å². The fraction of sp³-hybridized carbons (Fsp3) is 0.133. The number of nitrogens with zero attached hydrogens (tertiary/aromatic N) is 1. The molecular formula is C15H15FN2O3. The summed E-state index contributed by atoms with van der Waals surface area (Å²) in [5, 5.41) is 11.7. The Labute approximate surface area is 121 Å². The van der Waals surface area contributed by atoms with Crippen LogP contribution in [0.15, 0.2) is 41.6 Å². The molecule has 0 heterocycles. The number of benzene rings is 2. The predicted octanol–water partition coefficient (Wildman–Crippen LogP) is 3.03. The Morgan fingerprint density at radius 1 is 1.19 bits per heavy atom. The van der Waals surface area contributed by atoms with Gasteiger partial charge in [-0.25, -0.2) is 4.39 Å². The van der Waals surface area contributed by atoms with Gasteiger partial charge in [0.1, 0.15) is 23.1 Å². The third-order valence-corrected chi connectivity index (χ3v) is 2.94. The number of methoxy groups -OCH3 is 1. The van der Waals surface area contributed by atoms with Crippen LogP contribution in [0.1, 0.15) is 11.1 Å². The molecule has 0 aliphatic carbocycles. The van der Waals surface area contributed by atoms with Crippen LogP contribution in [0, 0.1) is 12.7 Å². The minimum atomic E-state index is -0.374. The second kappa shape index (κ2) is 6.13. The summed E-state index contributed by atoms with van der Waals surface area (Å²) in [4.78, 5) is 0. The fourth-order valence-corrected chi connectivity index (χ4v) is 1.74. The first kappa shape index (κ1) is 14.6. The zero-order valence-electron chi connectivity index (χ0n) is 11.6. The lowest BCUT2D eigenvalue weighted by Crippen LogP contribution is -2.14. The number of hydrogen-bond acceptors (Lipinski definition) is 4. The Hall–Kier alpha value is -2.76. The number of aryl methyl sites for hydroxylation is 1. The average molecular weight is 290 g/mol. The summed E-state index contributed by atoms with van der Waals surface area (Å²) < 4.78 is 24.3. The quantitative estimate of drug-likeness (QED) is 0.393. The van der Waals surface area contributed by atoms with Crippen molar-refractivity contribution in [3.05, 3.63) is 53.3 Å². The van der Waals surface area contributed by atoms with Gasteiger partial charge in [0.05, 0.1) is 12.7 Å². The van der Waals surface area contributed by atoms with Crippen molar-refractivity contribution in [3.8, 4) is 17.2 Å². The summed E-state index contributed by atoms with van der Waals surface area (Å²) in [5.41, 5.74) is 6.49. The van der Waals surface area contributed by atoms with Crippen LogP contribution in [0.3, 0.4) is 0 Å². The van der Waals surface area contributed by atoms with Crippen molar-refractivity contribution in [1.82, 2.24) is 0 Å². The number of rotatable bonds is 4. The number of ether oxygens (including phenoxy) is 2. The fourth-order valence-electron chi connectivity index (χ4n) is 1.74. The summed E-state index contributed by atoms with van der Waals surface area (Å²) in [6.45, 7) is 1.66. The van der Waals surface area contributed by atoms with Crippen molar-refractivity contribution in [3.63, 3.8) is 0 Å². The van der Waals surface area contributed by atoms with Crippen molar-refractivity contribution in [2.75, 3.05) is 7.11 Å². The van der Waals surface area contributed by atoms with Gasteiger partial charge in [-0.1, -0.05) is 11.2 Å². The van der Waals surface area contributed by atoms with Crippen molar-refractivity contribution in [2.45, 2.75) is 6.92 Å². The number of hydrogen-bond donors (Lipinski definition) is 2. The van der Waals surface area contributed by atoms with E-state index in [1.165, 1.54) is 13.2 Å². The van der Waals surface area contributed by atoms with Crippen LogP contribution in [0.5, 0.6) is 17.2 Å². The van der Waals surface area contributed by atoms with Crippen LogP contribution in [0.4, 0.5) is 4.39 Å². The van der Waals surface area contributed by atoms with Crippen molar-refractivity contribution in [1.29, 1.82) is 0 Å². The highest BCUT2D eigenvalue weighted by Gasteiger charge is 2.12. The maximum Gasteiger partial charge on any atom is 0.173 e. The molecule has 0 atom stereocenters. The first-order valence-corrected chi connectivity index (χ1v) is 6.15. The highest BCUT2D eigenvalue weighted by atomic mass is 19.1. The van der Waals surface area contributed by atoms with Gasteiger partial charge in [0.15, 0.2) is 5.84 Å². The molecule has 0 radical (unpaired) electrons. The molecule has 0 aromatic heterocycles. The molecule has 0 fully saturated rings. The minimum Gasteiger partial charge on any atom is -0.497 e. The second-order valence-corrected chi connectivity index (χ2v) is 4.36. The number of oxime groups is 1. The largest absolute Gasteiger partial charge is 0.497 e. The molecule has 0 bridgehead atoms. The van der Waals surface area contributed by atoms with E-state index in [1.807, 2.05) is 0 Å². The molecule has 0 aliphatic rings. The zero-order valence-corrected chi connectivity index (χ0v) is 11.6. The summed E-state index contributed by atoms with van der Waals surface area (Å²) >= 11 is 0. The SMILES string of the molecule is COc1ccc(/C(N)=N/O)c(Oc2ccc(C)c(F)c2)c1. The van der Waals surface area contributed by atoms with Gasteiger partial charge in [-0.2, -0.15) is 0 Å². The number of halogens is 1. The first-order valence-electron chi connectivity index (χ1n) is 6.15. The standard InChI is InChI=1S/C15H15FN2O3/c1-9-3-4-11(7-13(9)16)21-14-8-10(20-2)5-6-12(14)15(17)18-19/h3-8,19H,1-2H3,(H2,17,18). The van der Waals surface area contributed by atoms with Crippen LogP contribution >= 0.6 is 0 Å². The van der Waals surface area contributed by atoms with Crippen LogP contribution in [0.25, 0.3) is 0 Å². The Kier molecular flexibility index (Phi) is 4.27. The molecule has 2 rings (SSSR count). The average Bonchev–Trinajstić information content (AvgIpc) is 2.50. The third-order valence-electron chi connectivity index (χ3n) is 2.94. The van der Waals surface area contributed by atoms with E-state index in [2.05, 4.69) is 5.16 Å². The van der Waals surface area contributed by atoms with Gasteiger partial charge in [-0.15, -0.1) is 0 Å². The van der Waals surface area contributed by atoms with Gasteiger partial charge in [0.25, 0.3) is 0 Å². The Morgan fingerprint density at radius 3 is 2.52 bits per heavy atom. The highest BCUT2D eigenvalue weighted by Crippen LogP contribution is 2.30. The van der Waals surface area contributed by atoms with E-state index in [0.29, 0.717) is 28.4 Å². The van der Waals surface area contributed by atoms with Crippen molar-refractivity contribution < 1.29 is 19.1 Å². The van der Waals surface area contributed by atoms with Gasteiger partial charge in [-0.05, 0) is 30.7 Å². The van der Waals surface area contributed by atoms with E-state index >= 15 is 0 Å². The first-order chi connectivity index (χ1) is 10.0. The molecule has 0 spiro atoms. The van der Waals surface area contributed by atoms with Gasteiger partial charge in [0.2, 0.25) is 0 Å². The molecular weight excluding hydrogens is 275 g/mol. The summed E-state index contributed by atoms with van der Waals surface area (Å²) in [6.07, 6.45) is 0. The Bertz CT molecular complexity index is 687. The molecule has 2 aromatic rings. The summed E-state index contributed by atoms with van der Waals surface area (Å²) in [5.74, 6) is 0.652. The third kappa shape index (κ3) is 3.22. The van der Waals surface area contributed by atoms with Gasteiger partial charge >= 0.3 is 0 Å². The number of amidine groups is 1. The lowest BCUT2D eigenvalue weighted by molar-refractivity contribution is 0.318. The van der Waals surface area contributed by atoms with E-state index in [9.17, 15) is 4.39 Å². The van der Waals surface area contributed by atoms with Crippen LogP contribution in [-0.2, 0) is 0 Å². The highest BCUT2D eigenvalue weighted by molar-refractivity contribution is 5.99. The lowest BCUT2D eigenvalue weighted by atomic mass is 10.1. The smallest absolute Gasteiger partial charge is 0.173 e. The molecule has 110 valence electrons. The molecule has 5 nitrogen and oxygen atoms in total. The molecule has 0 aliphatic heterocycles. The zero-order chi connectivity index (χ0) is 15.4. The van der Waals surface area contributed by atoms with Gasteiger partial charge in [-0.3, -0.25) is 0 Å². The van der Waals surface area contributed by atoms with Crippen LogP contribution in [0.2, 0.25) is 0 Å². The minimum absolute atomic E-state index is 0.111. The molecule has 3 N–H and O–H groups in total.